The third kappa shape index (κ3) is 3.76. The first-order chi connectivity index (χ1) is 13.1. The Morgan fingerprint density at radius 1 is 1.15 bits per heavy atom. The molecule has 27 heavy (non-hydrogen) atoms. The summed E-state index contributed by atoms with van der Waals surface area (Å²) in [6.45, 7) is 2.48. The molecule has 0 spiro atoms. The Morgan fingerprint density at radius 2 is 1.93 bits per heavy atom. The van der Waals surface area contributed by atoms with E-state index in [9.17, 15) is 9.59 Å². The molecular weight excluding hydrogens is 346 g/mol. The van der Waals surface area contributed by atoms with Crippen LogP contribution < -0.4 is 15.0 Å². The number of ether oxygens (including phenoxy) is 2. The van der Waals surface area contributed by atoms with E-state index in [0.717, 1.165) is 0 Å². The van der Waals surface area contributed by atoms with Crippen molar-refractivity contribution in [3.8, 4) is 11.5 Å². The maximum Gasteiger partial charge on any atom is 0.258 e. The first-order valence-corrected chi connectivity index (χ1v) is 8.56. The number of amides is 1. The number of carbonyl (C=O) groups is 1. The maximum atomic E-state index is 13.0. The lowest BCUT2D eigenvalue weighted by Gasteiger charge is -2.22. The number of methoxy groups -OCH3 is 2. The number of H-pyrrole nitrogens is 1. The van der Waals surface area contributed by atoms with Crippen molar-refractivity contribution in [2.45, 2.75) is 13.5 Å². The summed E-state index contributed by atoms with van der Waals surface area (Å²) < 4.78 is 10.5. The zero-order valence-corrected chi connectivity index (χ0v) is 15.5. The molecule has 1 N–H and O–H groups in total. The van der Waals surface area contributed by atoms with Gasteiger partial charge in [0.15, 0.2) is 0 Å². The minimum Gasteiger partial charge on any atom is -0.497 e. The number of aromatic nitrogens is 2. The fraction of sp³-hybridized carbons (Fsp3) is 0.250. The minimum atomic E-state index is -0.232. The maximum absolute atomic E-state index is 13.0. The number of nitrogens with one attached hydrogen (secondary N) is 1. The summed E-state index contributed by atoms with van der Waals surface area (Å²) in [6.07, 6.45) is 0. The molecule has 0 atom stereocenters. The predicted octanol–water partition coefficient (Wildman–Crippen LogP) is 2.60. The highest BCUT2D eigenvalue weighted by atomic mass is 16.5. The summed E-state index contributed by atoms with van der Waals surface area (Å²) in [7, 11) is 3.05. The van der Waals surface area contributed by atoms with Crippen LogP contribution in [0.25, 0.3) is 10.9 Å². The number of hydrogen-bond donors (Lipinski definition) is 1. The van der Waals surface area contributed by atoms with Crippen LogP contribution in [0, 0.1) is 0 Å². The van der Waals surface area contributed by atoms with E-state index in [1.807, 2.05) is 13.0 Å². The molecule has 0 fully saturated rings. The van der Waals surface area contributed by atoms with Gasteiger partial charge in [-0.05, 0) is 37.3 Å². The highest BCUT2D eigenvalue weighted by Gasteiger charge is 2.20. The van der Waals surface area contributed by atoms with Crippen molar-refractivity contribution in [1.82, 2.24) is 14.9 Å². The average Bonchev–Trinajstić information content (AvgIpc) is 2.71. The van der Waals surface area contributed by atoms with Crippen molar-refractivity contribution in [3.63, 3.8) is 0 Å². The van der Waals surface area contributed by atoms with Crippen LogP contribution in [0.5, 0.6) is 11.5 Å². The lowest BCUT2D eigenvalue weighted by atomic mass is 10.1. The van der Waals surface area contributed by atoms with Crippen molar-refractivity contribution >= 4 is 16.8 Å². The van der Waals surface area contributed by atoms with Gasteiger partial charge in [0.05, 0.1) is 37.2 Å². The van der Waals surface area contributed by atoms with Crippen LogP contribution in [0.4, 0.5) is 0 Å². The van der Waals surface area contributed by atoms with Crippen LogP contribution >= 0.6 is 0 Å². The topological polar surface area (TPSA) is 84.5 Å². The zero-order chi connectivity index (χ0) is 19.4. The lowest BCUT2D eigenvalue weighted by molar-refractivity contribution is 0.0744. The van der Waals surface area contributed by atoms with E-state index in [1.165, 1.54) is 14.2 Å². The third-order valence-electron chi connectivity index (χ3n) is 4.31. The molecule has 0 aliphatic rings. The summed E-state index contributed by atoms with van der Waals surface area (Å²) in [5.74, 6) is 1.21. The molecule has 7 nitrogen and oxygen atoms in total. The van der Waals surface area contributed by atoms with Gasteiger partial charge in [-0.1, -0.05) is 12.1 Å². The van der Waals surface area contributed by atoms with Crippen LogP contribution in [-0.2, 0) is 6.54 Å². The van der Waals surface area contributed by atoms with Crippen molar-refractivity contribution in [3.05, 3.63) is 64.2 Å². The minimum absolute atomic E-state index is 0.176. The molecule has 1 heterocycles. The summed E-state index contributed by atoms with van der Waals surface area (Å²) in [4.78, 5) is 34.1. The zero-order valence-electron chi connectivity index (χ0n) is 15.5. The molecule has 1 amide bonds. The summed E-state index contributed by atoms with van der Waals surface area (Å²) in [6, 6.07) is 12.2. The van der Waals surface area contributed by atoms with Crippen molar-refractivity contribution in [2.75, 3.05) is 20.8 Å². The Balaban J connectivity index is 1.94. The first kappa shape index (κ1) is 18.4. The normalized spacial score (nSPS) is 10.6. The molecule has 3 rings (SSSR count). The number of rotatable bonds is 6. The lowest BCUT2D eigenvalue weighted by Crippen LogP contribution is -2.32. The highest BCUT2D eigenvalue weighted by molar-refractivity contribution is 5.97. The van der Waals surface area contributed by atoms with E-state index in [0.29, 0.717) is 40.3 Å². The van der Waals surface area contributed by atoms with Crippen molar-refractivity contribution in [2.24, 2.45) is 0 Å². The van der Waals surface area contributed by atoms with Gasteiger partial charge in [-0.3, -0.25) is 9.59 Å². The summed E-state index contributed by atoms with van der Waals surface area (Å²) in [5, 5.41) is 0.519. The quantitative estimate of drug-likeness (QED) is 0.724. The van der Waals surface area contributed by atoms with E-state index in [2.05, 4.69) is 9.97 Å². The Hall–Kier alpha value is -3.35. The molecule has 7 heteroatoms. The largest absolute Gasteiger partial charge is 0.497 e. The number of carbonyl (C=O) groups excluding carboxylic acids is 1. The number of aromatic amines is 1. The average molecular weight is 367 g/mol. The second kappa shape index (κ2) is 7.90. The van der Waals surface area contributed by atoms with Crippen LogP contribution in [0.3, 0.4) is 0 Å². The van der Waals surface area contributed by atoms with Gasteiger partial charge in [-0.25, -0.2) is 4.98 Å². The van der Waals surface area contributed by atoms with Gasteiger partial charge in [0.1, 0.15) is 17.3 Å². The molecular formula is C20H21N3O4. The summed E-state index contributed by atoms with van der Waals surface area (Å²) >= 11 is 0. The van der Waals surface area contributed by atoms with Crippen LogP contribution in [0.15, 0.2) is 47.3 Å². The highest BCUT2D eigenvalue weighted by Crippen LogP contribution is 2.25. The molecule has 0 bridgehead atoms. The smallest absolute Gasteiger partial charge is 0.258 e. The molecule has 0 aliphatic heterocycles. The number of nitrogens with zero attached hydrogens (tertiary/aromatic N) is 2. The molecule has 0 radical (unpaired) electrons. The van der Waals surface area contributed by atoms with Gasteiger partial charge in [0.2, 0.25) is 0 Å². The van der Waals surface area contributed by atoms with Gasteiger partial charge < -0.3 is 19.4 Å². The Morgan fingerprint density at radius 3 is 2.63 bits per heavy atom. The van der Waals surface area contributed by atoms with E-state index < -0.39 is 0 Å². The van der Waals surface area contributed by atoms with Crippen LogP contribution in [-0.4, -0.2) is 41.5 Å². The molecule has 0 saturated heterocycles. The molecule has 1 aromatic heterocycles. The Bertz CT molecular complexity index is 1030. The van der Waals surface area contributed by atoms with E-state index in [1.54, 1.807) is 41.3 Å². The second-order valence-electron chi connectivity index (χ2n) is 5.92. The monoisotopic (exact) mass is 367 g/mol. The van der Waals surface area contributed by atoms with Gasteiger partial charge in [-0.15, -0.1) is 0 Å². The van der Waals surface area contributed by atoms with Gasteiger partial charge in [0.25, 0.3) is 11.5 Å². The van der Waals surface area contributed by atoms with Crippen molar-refractivity contribution < 1.29 is 14.3 Å². The molecule has 0 unspecified atom stereocenters. The van der Waals surface area contributed by atoms with E-state index >= 15 is 0 Å². The fourth-order valence-corrected chi connectivity index (χ4v) is 2.87. The summed E-state index contributed by atoms with van der Waals surface area (Å²) in [5.41, 5.74) is 0.763. The SMILES string of the molecule is CCN(Cc1nc2ccccc2c(=O)[nH]1)C(=O)c1cc(OC)ccc1OC. The molecule has 3 aromatic rings. The second-order valence-corrected chi connectivity index (χ2v) is 5.92. The standard InChI is InChI=1S/C20H21N3O4/c1-4-23(20(25)15-11-13(26-2)9-10-17(15)27-3)12-18-21-16-8-6-5-7-14(16)19(24)22-18/h5-11H,4,12H2,1-3H3,(H,21,22,24). The van der Waals surface area contributed by atoms with Crippen LogP contribution in [0.1, 0.15) is 23.1 Å². The van der Waals surface area contributed by atoms with Gasteiger partial charge in [-0.2, -0.15) is 0 Å². The van der Waals surface area contributed by atoms with Gasteiger partial charge in [0, 0.05) is 6.54 Å². The number of para-hydroxylation sites is 1. The first-order valence-electron chi connectivity index (χ1n) is 8.56. The van der Waals surface area contributed by atoms with E-state index in [-0.39, 0.29) is 18.0 Å². The molecule has 0 aliphatic carbocycles. The third-order valence-corrected chi connectivity index (χ3v) is 4.31. The number of benzene rings is 2. The fourth-order valence-electron chi connectivity index (χ4n) is 2.87. The number of fused-ring (bicyclic) bond motifs is 1. The Labute approximate surface area is 156 Å². The van der Waals surface area contributed by atoms with Crippen LogP contribution in [0.2, 0.25) is 0 Å². The van der Waals surface area contributed by atoms with Crippen molar-refractivity contribution in [1.29, 1.82) is 0 Å². The van der Waals surface area contributed by atoms with Gasteiger partial charge >= 0.3 is 0 Å². The molecule has 140 valence electrons. The molecule has 0 saturated carbocycles. The Kier molecular flexibility index (Phi) is 5.40. The molecule has 2 aromatic carbocycles. The van der Waals surface area contributed by atoms with E-state index in [4.69, 9.17) is 9.47 Å². The number of hydrogen-bond acceptors (Lipinski definition) is 5. The predicted molar refractivity (Wildman–Crippen MR) is 102 cm³/mol.